The number of hydrogen-bond donors (Lipinski definition) is 1. The Morgan fingerprint density at radius 3 is 2.55 bits per heavy atom. The van der Waals surface area contributed by atoms with Crippen LogP contribution in [0.15, 0.2) is 66.1 Å². The van der Waals surface area contributed by atoms with Crippen LogP contribution in [0.3, 0.4) is 0 Å². The van der Waals surface area contributed by atoms with E-state index in [-0.39, 0.29) is 17.9 Å². The molecule has 172 valence electrons. The largest absolute Gasteiger partial charge is 0.496 e. The molecule has 0 unspecified atom stereocenters. The number of likely N-dealkylation sites (tertiary alicyclic amines) is 1. The smallest absolute Gasteiger partial charge is 0.251 e. The summed E-state index contributed by atoms with van der Waals surface area (Å²) in [5.41, 5.74) is 2.48. The van der Waals surface area contributed by atoms with Crippen LogP contribution in [0.4, 0.5) is 0 Å². The highest BCUT2D eigenvalue weighted by Crippen LogP contribution is 2.21. The maximum Gasteiger partial charge on any atom is 0.251 e. The number of carbonyl (C=O) groups is 2. The molecular formula is C25H28N4O3S. The summed E-state index contributed by atoms with van der Waals surface area (Å²) in [6.07, 6.45) is 7.46. The molecule has 2 amide bonds. The van der Waals surface area contributed by atoms with Gasteiger partial charge in [-0.1, -0.05) is 30.0 Å². The highest BCUT2D eigenvalue weighted by molar-refractivity contribution is 7.98. The molecule has 0 bridgehead atoms. The van der Waals surface area contributed by atoms with Crippen molar-refractivity contribution < 1.29 is 14.3 Å². The Balaban J connectivity index is 1.29. The second-order valence-corrected chi connectivity index (χ2v) is 8.72. The number of methoxy groups -OCH3 is 1. The Labute approximate surface area is 198 Å². The third-order valence-electron chi connectivity index (χ3n) is 5.91. The van der Waals surface area contributed by atoms with E-state index in [4.69, 9.17) is 4.74 Å². The van der Waals surface area contributed by atoms with Crippen molar-refractivity contribution in [2.24, 2.45) is 0 Å². The van der Waals surface area contributed by atoms with Crippen LogP contribution in [0, 0.1) is 0 Å². The van der Waals surface area contributed by atoms with Crippen molar-refractivity contribution in [1.82, 2.24) is 19.8 Å². The van der Waals surface area contributed by atoms with Crippen molar-refractivity contribution >= 4 is 23.6 Å². The number of rotatable bonds is 7. The molecule has 0 atom stereocenters. The first kappa shape index (κ1) is 22.9. The van der Waals surface area contributed by atoms with E-state index in [1.165, 1.54) is 0 Å². The van der Waals surface area contributed by atoms with Crippen LogP contribution >= 0.6 is 11.8 Å². The average Bonchev–Trinajstić information content (AvgIpc) is 3.34. The molecule has 1 aromatic heterocycles. The van der Waals surface area contributed by atoms with Crippen LogP contribution in [0.2, 0.25) is 0 Å². The minimum absolute atomic E-state index is 0.0595. The number of piperidine rings is 1. The molecule has 7 nitrogen and oxygen atoms in total. The SMILES string of the molecule is COc1ccccc1CC(=O)N1CCC(NC(=O)c2ccc(-n3ccnc3SC)cc2)CC1. The van der Waals surface area contributed by atoms with E-state index in [1.54, 1.807) is 25.1 Å². The van der Waals surface area contributed by atoms with Gasteiger partial charge in [0.15, 0.2) is 5.16 Å². The van der Waals surface area contributed by atoms with E-state index in [2.05, 4.69) is 10.3 Å². The second-order valence-electron chi connectivity index (χ2n) is 7.95. The van der Waals surface area contributed by atoms with Gasteiger partial charge in [-0.05, 0) is 49.4 Å². The van der Waals surface area contributed by atoms with Crippen LogP contribution in [0.1, 0.15) is 28.8 Å². The van der Waals surface area contributed by atoms with Crippen molar-refractivity contribution in [1.29, 1.82) is 0 Å². The summed E-state index contributed by atoms with van der Waals surface area (Å²) < 4.78 is 7.34. The van der Waals surface area contributed by atoms with Gasteiger partial charge in [-0.15, -0.1) is 0 Å². The van der Waals surface area contributed by atoms with Gasteiger partial charge >= 0.3 is 0 Å². The molecule has 8 heteroatoms. The second kappa shape index (κ2) is 10.6. The number of ether oxygens (including phenoxy) is 1. The fraction of sp³-hybridized carbons (Fsp3) is 0.320. The lowest BCUT2D eigenvalue weighted by Gasteiger charge is -2.32. The summed E-state index contributed by atoms with van der Waals surface area (Å²) >= 11 is 1.57. The number of hydrogen-bond acceptors (Lipinski definition) is 5. The molecule has 0 aliphatic carbocycles. The monoisotopic (exact) mass is 464 g/mol. The van der Waals surface area contributed by atoms with Gasteiger partial charge in [0.25, 0.3) is 5.91 Å². The van der Waals surface area contributed by atoms with Gasteiger partial charge in [0.1, 0.15) is 5.75 Å². The summed E-state index contributed by atoms with van der Waals surface area (Å²) in [4.78, 5) is 31.7. The first-order valence-electron chi connectivity index (χ1n) is 11.0. The molecule has 3 aromatic rings. The van der Waals surface area contributed by atoms with Crippen LogP contribution < -0.4 is 10.1 Å². The Morgan fingerprint density at radius 1 is 1.12 bits per heavy atom. The van der Waals surface area contributed by atoms with Gasteiger partial charge in [-0.3, -0.25) is 14.2 Å². The quantitative estimate of drug-likeness (QED) is 0.541. The van der Waals surface area contributed by atoms with Crippen LogP contribution in [0.5, 0.6) is 5.75 Å². The molecule has 1 N–H and O–H groups in total. The summed E-state index contributed by atoms with van der Waals surface area (Å²) in [5.74, 6) is 0.733. The van der Waals surface area contributed by atoms with E-state index in [9.17, 15) is 9.59 Å². The van der Waals surface area contributed by atoms with Gasteiger partial charge in [0, 0.05) is 48.3 Å². The number of thioether (sulfide) groups is 1. The summed E-state index contributed by atoms with van der Waals surface area (Å²) in [7, 11) is 1.62. The molecular weight excluding hydrogens is 436 g/mol. The Hall–Kier alpha value is -3.26. The highest BCUT2D eigenvalue weighted by Gasteiger charge is 2.24. The number of carbonyl (C=O) groups excluding carboxylic acids is 2. The lowest BCUT2D eigenvalue weighted by Crippen LogP contribution is -2.47. The third-order valence-corrected chi connectivity index (χ3v) is 6.58. The zero-order valence-corrected chi connectivity index (χ0v) is 19.7. The summed E-state index contributed by atoms with van der Waals surface area (Å²) in [5, 5.41) is 4.02. The van der Waals surface area contributed by atoms with E-state index >= 15 is 0 Å². The summed E-state index contributed by atoms with van der Waals surface area (Å²) in [6, 6.07) is 15.2. The topological polar surface area (TPSA) is 76.5 Å². The van der Waals surface area contributed by atoms with Crippen LogP contribution in [0.25, 0.3) is 5.69 Å². The normalized spacial score (nSPS) is 14.2. The van der Waals surface area contributed by atoms with Gasteiger partial charge in [0.05, 0.1) is 13.5 Å². The van der Waals surface area contributed by atoms with Crippen molar-refractivity contribution in [2.75, 3.05) is 26.5 Å². The minimum Gasteiger partial charge on any atom is -0.496 e. The average molecular weight is 465 g/mol. The number of nitrogens with zero attached hydrogens (tertiary/aromatic N) is 3. The molecule has 0 radical (unpaired) electrons. The van der Waals surface area contributed by atoms with Crippen molar-refractivity contribution in [3.63, 3.8) is 0 Å². The Morgan fingerprint density at radius 2 is 1.85 bits per heavy atom. The Kier molecular flexibility index (Phi) is 7.34. The third kappa shape index (κ3) is 5.39. The first-order valence-corrected chi connectivity index (χ1v) is 12.2. The van der Waals surface area contributed by atoms with Crippen molar-refractivity contribution in [2.45, 2.75) is 30.5 Å². The number of benzene rings is 2. The maximum absolute atomic E-state index is 12.7. The van der Waals surface area contributed by atoms with Gasteiger partial charge in [0.2, 0.25) is 5.91 Å². The number of aromatic nitrogens is 2. The van der Waals surface area contributed by atoms with Crippen molar-refractivity contribution in [3.8, 4) is 11.4 Å². The lowest BCUT2D eigenvalue weighted by molar-refractivity contribution is -0.131. The zero-order valence-electron chi connectivity index (χ0n) is 18.9. The van der Waals surface area contributed by atoms with Gasteiger partial charge < -0.3 is 15.0 Å². The lowest BCUT2D eigenvalue weighted by atomic mass is 10.0. The predicted octanol–water partition coefficient (Wildman–Crippen LogP) is 3.57. The standard InChI is InChI=1S/C25H28N4O3S/c1-32-22-6-4-3-5-19(22)17-23(30)28-14-11-20(12-15-28)27-24(31)18-7-9-21(10-8-18)29-16-13-26-25(29)33-2/h3-10,13,16,20H,11-12,14-15,17H2,1-2H3,(H,27,31). The number of nitrogens with one attached hydrogen (secondary N) is 1. The molecule has 1 saturated heterocycles. The molecule has 1 aliphatic heterocycles. The van der Waals surface area contributed by atoms with Crippen molar-refractivity contribution in [3.05, 3.63) is 72.1 Å². The minimum atomic E-state index is -0.0870. The van der Waals surface area contributed by atoms with Crippen LogP contribution in [-0.2, 0) is 11.2 Å². The molecule has 2 heterocycles. The zero-order chi connectivity index (χ0) is 23.2. The highest BCUT2D eigenvalue weighted by atomic mass is 32.2. The fourth-order valence-corrected chi connectivity index (χ4v) is 4.61. The number of para-hydroxylation sites is 1. The van der Waals surface area contributed by atoms with Crippen LogP contribution in [-0.4, -0.2) is 58.8 Å². The maximum atomic E-state index is 12.7. The van der Waals surface area contributed by atoms with Gasteiger partial charge in [-0.25, -0.2) is 4.98 Å². The molecule has 1 fully saturated rings. The fourth-order valence-electron chi connectivity index (χ4n) is 4.08. The van der Waals surface area contributed by atoms with E-state index in [1.807, 2.05) is 70.5 Å². The number of imidazole rings is 1. The van der Waals surface area contributed by atoms with E-state index in [0.717, 1.165) is 35.0 Å². The van der Waals surface area contributed by atoms with E-state index < -0.39 is 0 Å². The molecule has 0 spiro atoms. The van der Waals surface area contributed by atoms with E-state index in [0.29, 0.717) is 25.1 Å². The molecule has 0 saturated carbocycles. The molecule has 1 aliphatic rings. The predicted molar refractivity (Wildman–Crippen MR) is 129 cm³/mol. The Bertz CT molecular complexity index is 1100. The first-order chi connectivity index (χ1) is 16.1. The summed E-state index contributed by atoms with van der Waals surface area (Å²) in [6.45, 7) is 1.27. The van der Waals surface area contributed by atoms with Gasteiger partial charge in [-0.2, -0.15) is 0 Å². The number of amides is 2. The molecule has 33 heavy (non-hydrogen) atoms. The molecule has 2 aromatic carbocycles. The molecule has 4 rings (SSSR count).